The zero-order chi connectivity index (χ0) is 14.7. The highest BCUT2D eigenvalue weighted by Gasteiger charge is 2.41. The molecule has 0 heterocycles. The molecule has 0 fully saturated rings. The molecule has 5 heteroatoms. The first-order valence-electron chi connectivity index (χ1n) is 6.63. The zero-order valence-corrected chi connectivity index (χ0v) is 11.5. The number of rotatable bonds is 5. The first-order chi connectivity index (χ1) is 9.58. The first-order valence-corrected chi connectivity index (χ1v) is 6.63. The van der Waals surface area contributed by atoms with Gasteiger partial charge in [-0.2, -0.15) is 0 Å². The first kappa shape index (κ1) is 14.2. The average Bonchev–Trinajstić information content (AvgIpc) is 2.69. The summed E-state index contributed by atoms with van der Waals surface area (Å²) in [6.45, 7) is 4.12. The van der Waals surface area contributed by atoms with Gasteiger partial charge in [-0.25, -0.2) is 0 Å². The summed E-state index contributed by atoms with van der Waals surface area (Å²) >= 11 is 0. The third-order valence-corrected chi connectivity index (χ3v) is 3.01. The van der Waals surface area contributed by atoms with Crippen LogP contribution < -0.4 is 4.74 Å². The van der Waals surface area contributed by atoms with Crippen molar-refractivity contribution in [2.45, 2.75) is 32.8 Å². The van der Waals surface area contributed by atoms with Gasteiger partial charge in [-0.05, 0) is 24.6 Å². The van der Waals surface area contributed by atoms with Gasteiger partial charge in [-0.3, -0.25) is 14.4 Å². The third-order valence-electron chi connectivity index (χ3n) is 3.01. The number of benzene rings is 1. The summed E-state index contributed by atoms with van der Waals surface area (Å²) in [5, 5.41) is 0. The highest BCUT2D eigenvalue weighted by atomic mass is 16.6. The third kappa shape index (κ3) is 2.57. The molecule has 0 radical (unpaired) electrons. The van der Waals surface area contributed by atoms with E-state index in [4.69, 9.17) is 9.47 Å². The molecule has 1 aromatic rings. The lowest BCUT2D eigenvalue weighted by Crippen LogP contribution is -2.28. The highest BCUT2D eigenvalue weighted by molar-refractivity contribution is 6.29. The number of fused-ring (bicyclic) bond motifs is 1. The second-order valence-electron chi connectivity index (χ2n) is 4.51. The molecule has 0 saturated heterocycles. The van der Waals surface area contributed by atoms with E-state index in [-0.39, 0.29) is 17.5 Å². The number of ether oxygens (including phenoxy) is 2. The summed E-state index contributed by atoms with van der Waals surface area (Å²) in [5.41, 5.74) is 0.547. The van der Waals surface area contributed by atoms with E-state index in [1.807, 2.05) is 6.92 Å². The maximum atomic E-state index is 12.1. The summed E-state index contributed by atoms with van der Waals surface area (Å²) in [6, 6.07) is 4.72. The number of esters is 1. The Morgan fingerprint density at radius 3 is 2.50 bits per heavy atom. The largest absolute Gasteiger partial charge is 0.494 e. The number of Topliss-reactive ketones (excluding diaryl/α,β-unsaturated/α-hetero) is 2. The fourth-order valence-corrected chi connectivity index (χ4v) is 1.98. The van der Waals surface area contributed by atoms with Gasteiger partial charge in [0.15, 0.2) is 0 Å². The van der Waals surface area contributed by atoms with E-state index in [1.165, 1.54) is 6.07 Å². The van der Waals surface area contributed by atoms with Crippen LogP contribution in [0.4, 0.5) is 0 Å². The monoisotopic (exact) mass is 276 g/mol. The van der Waals surface area contributed by atoms with Crippen LogP contribution in [0.25, 0.3) is 0 Å². The lowest BCUT2D eigenvalue weighted by molar-refractivity contribution is -0.144. The molecule has 1 aliphatic carbocycles. The van der Waals surface area contributed by atoms with E-state index in [9.17, 15) is 14.4 Å². The lowest BCUT2D eigenvalue weighted by atomic mass is 10.1. The summed E-state index contributed by atoms with van der Waals surface area (Å²) in [6.07, 6.45) is -0.363. The predicted octanol–water partition coefficient (Wildman–Crippen LogP) is 2.18. The van der Waals surface area contributed by atoms with Crippen LogP contribution in [0, 0.1) is 0 Å². The van der Waals surface area contributed by atoms with E-state index >= 15 is 0 Å². The molecule has 1 unspecified atom stereocenters. The van der Waals surface area contributed by atoms with Crippen LogP contribution in [-0.2, 0) is 9.53 Å². The van der Waals surface area contributed by atoms with Crippen LogP contribution in [0.15, 0.2) is 18.2 Å². The van der Waals surface area contributed by atoms with Crippen molar-refractivity contribution in [3.63, 3.8) is 0 Å². The summed E-state index contributed by atoms with van der Waals surface area (Å²) in [7, 11) is 0. The zero-order valence-electron chi connectivity index (χ0n) is 11.5. The van der Waals surface area contributed by atoms with Crippen LogP contribution in [0.5, 0.6) is 5.75 Å². The minimum atomic E-state index is -1.33. The van der Waals surface area contributed by atoms with E-state index < -0.39 is 23.6 Å². The van der Waals surface area contributed by atoms with Gasteiger partial charge in [0.25, 0.3) is 0 Å². The molecule has 0 saturated carbocycles. The van der Waals surface area contributed by atoms with Crippen molar-refractivity contribution in [2.75, 3.05) is 6.61 Å². The Bertz CT molecular complexity index is 561. The van der Waals surface area contributed by atoms with Gasteiger partial charge in [-0.1, -0.05) is 13.8 Å². The number of ketones is 2. The Labute approximate surface area is 116 Å². The van der Waals surface area contributed by atoms with Crippen LogP contribution >= 0.6 is 0 Å². The van der Waals surface area contributed by atoms with Gasteiger partial charge in [-0.15, -0.1) is 0 Å². The molecular formula is C15H16O5. The minimum absolute atomic E-state index is 0.123. The molecule has 106 valence electrons. The van der Waals surface area contributed by atoms with Gasteiger partial charge in [0, 0.05) is 17.5 Å². The van der Waals surface area contributed by atoms with Crippen LogP contribution in [-0.4, -0.2) is 30.2 Å². The fourth-order valence-electron chi connectivity index (χ4n) is 1.98. The molecule has 0 aromatic heterocycles. The predicted molar refractivity (Wildman–Crippen MR) is 71.1 cm³/mol. The number of hydrogen-bond acceptors (Lipinski definition) is 5. The van der Waals surface area contributed by atoms with Gasteiger partial charge in [0.05, 0.1) is 6.61 Å². The van der Waals surface area contributed by atoms with E-state index in [0.29, 0.717) is 12.4 Å². The maximum Gasteiger partial charge on any atom is 0.306 e. The Morgan fingerprint density at radius 2 is 1.85 bits per heavy atom. The number of carbonyl (C=O) groups is 3. The number of carbonyl (C=O) groups excluding carboxylic acids is 3. The van der Waals surface area contributed by atoms with Crippen molar-refractivity contribution in [3.8, 4) is 5.75 Å². The van der Waals surface area contributed by atoms with Gasteiger partial charge in [0.1, 0.15) is 5.75 Å². The SMILES string of the molecule is CCCOc1ccc2c(c1)C(=O)C(OC(=O)CC)C2=O. The van der Waals surface area contributed by atoms with Crippen LogP contribution in [0.2, 0.25) is 0 Å². The highest BCUT2D eigenvalue weighted by Crippen LogP contribution is 2.28. The van der Waals surface area contributed by atoms with E-state index in [1.54, 1.807) is 19.1 Å². The van der Waals surface area contributed by atoms with Crippen molar-refractivity contribution in [2.24, 2.45) is 0 Å². The fraction of sp³-hybridized carbons (Fsp3) is 0.400. The minimum Gasteiger partial charge on any atom is -0.494 e. The Hall–Kier alpha value is -2.17. The Morgan fingerprint density at radius 1 is 1.15 bits per heavy atom. The second-order valence-corrected chi connectivity index (χ2v) is 4.51. The van der Waals surface area contributed by atoms with Crippen molar-refractivity contribution in [1.29, 1.82) is 0 Å². The van der Waals surface area contributed by atoms with Gasteiger partial charge in [0.2, 0.25) is 17.7 Å². The van der Waals surface area contributed by atoms with E-state index in [2.05, 4.69) is 0 Å². The summed E-state index contributed by atoms with van der Waals surface area (Å²) < 4.78 is 10.3. The van der Waals surface area contributed by atoms with Crippen LogP contribution in [0.3, 0.4) is 0 Å². The topological polar surface area (TPSA) is 69.7 Å². The lowest BCUT2D eigenvalue weighted by Gasteiger charge is -2.07. The quantitative estimate of drug-likeness (QED) is 0.609. The van der Waals surface area contributed by atoms with Crippen LogP contribution in [0.1, 0.15) is 47.4 Å². The van der Waals surface area contributed by atoms with Crippen molar-refractivity contribution in [1.82, 2.24) is 0 Å². The molecular weight excluding hydrogens is 260 g/mol. The van der Waals surface area contributed by atoms with Gasteiger partial charge < -0.3 is 9.47 Å². The second kappa shape index (κ2) is 5.86. The molecule has 1 atom stereocenters. The maximum absolute atomic E-state index is 12.1. The average molecular weight is 276 g/mol. The van der Waals surface area contributed by atoms with Crippen molar-refractivity contribution < 1.29 is 23.9 Å². The summed E-state index contributed by atoms with van der Waals surface area (Å²) in [5.74, 6) is -0.969. The molecule has 0 amide bonds. The summed E-state index contributed by atoms with van der Waals surface area (Å²) in [4.78, 5) is 35.4. The molecule has 20 heavy (non-hydrogen) atoms. The standard InChI is InChI=1S/C15H16O5/c1-3-7-19-9-5-6-10-11(8-9)14(18)15(13(10)17)20-12(16)4-2/h5-6,8,15H,3-4,7H2,1-2H3. The smallest absolute Gasteiger partial charge is 0.306 e. The Balaban J connectivity index is 2.24. The number of hydrogen-bond donors (Lipinski definition) is 0. The van der Waals surface area contributed by atoms with Gasteiger partial charge >= 0.3 is 5.97 Å². The Kier molecular flexibility index (Phi) is 4.17. The normalized spacial score (nSPS) is 17.0. The molecule has 0 spiro atoms. The molecule has 5 nitrogen and oxygen atoms in total. The van der Waals surface area contributed by atoms with Crippen molar-refractivity contribution in [3.05, 3.63) is 29.3 Å². The molecule has 1 aliphatic rings. The van der Waals surface area contributed by atoms with E-state index in [0.717, 1.165) is 6.42 Å². The molecule has 0 aliphatic heterocycles. The van der Waals surface area contributed by atoms with Crippen molar-refractivity contribution >= 4 is 17.5 Å². The molecule has 1 aromatic carbocycles. The molecule has 2 rings (SSSR count). The molecule has 0 N–H and O–H groups in total. The molecule has 0 bridgehead atoms.